The van der Waals surface area contributed by atoms with Gasteiger partial charge in [-0.3, -0.25) is 0 Å². The lowest BCUT2D eigenvalue weighted by atomic mass is 10.0. The number of hydrogen-bond acceptors (Lipinski definition) is 3. The van der Waals surface area contributed by atoms with Crippen LogP contribution in [0.3, 0.4) is 0 Å². The maximum atomic E-state index is 5.76. The zero-order valence-electron chi connectivity index (χ0n) is 12.9. The molecular formula is C19H22N2S. The number of hydrogen-bond donors (Lipinski definition) is 2. The van der Waals surface area contributed by atoms with Gasteiger partial charge in [-0.2, -0.15) is 0 Å². The molecule has 3 N–H and O–H groups in total. The number of fused-ring (bicyclic) bond motifs is 1. The Labute approximate surface area is 136 Å². The summed E-state index contributed by atoms with van der Waals surface area (Å²) in [5.74, 6) is 0. The van der Waals surface area contributed by atoms with Gasteiger partial charge in [-0.25, -0.2) is 0 Å². The van der Waals surface area contributed by atoms with E-state index in [-0.39, 0.29) is 0 Å². The molecule has 1 unspecified atom stereocenters. The SMILES string of the molecule is CC(NCCCc1ccc(N)s1)c1ccc2cccccc1-2. The highest BCUT2D eigenvalue weighted by Gasteiger charge is 2.13. The van der Waals surface area contributed by atoms with E-state index in [1.165, 1.54) is 21.6 Å². The van der Waals surface area contributed by atoms with Crippen molar-refractivity contribution in [3.05, 3.63) is 65.0 Å². The fourth-order valence-corrected chi connectivity index (χ4v) is 3.66. The smallest absolute Gasteiger partial charge is 0.0859 e. The van der Waals surface area contributed by atoms with E-state index in [4.69, 9.17) is 5.73 Å². The van der Waals surface area contributed by atoms with Crippen LogP contribution in [0.15, 0.2) is 54.6 Å². The summed E-state index contributed by atoms with van der Waals surface area (Å²) in [4.78, 5) is 1.37. The monoisotopic (exact) mass is 310 g/mol. The summed E-state index contributed by atoms with van der Waals surface area (Å²) in [7, 11) is 0. The van der Waals surface area contributed by atoms with E-state index in [1.807, 2.05) is 6.07 Å². The molecule has 2 nitrogen and oxygen atoms in total. The molecule has 0 aromatic carbocycles. The zero-order valence-corrected chi connectivity index (χ0v) is 13.7. The standard InChI is InChI=1S/C19H22N2S/c1-14(21-13-5-7-16-10-12-19(20)22-16)17-11-9-15-6-3-2-4-8-18(15)17/h2-4,6,8-12,14,21H,5,7,13,20H2,1H3. The average molecular weight is 310 g/mol. The third kappa shape index (κ3) is 3.49. The van der Waals surface area contributed by atoms with Gasteiger partial charge in [-0.15, -0.1) is 11.3 Å². The molecule has 0 bridgehead atoms. The summed E-state index contributed by atoms with van der Waals surface area (Å²) < 4.78 is 0. The molecule has 3 rings (SSSR count). The number of anilines is 1. The van der Waals surface area contributed by atoms with Crippen LogP contribution in [0.1, 0.15) is 29.8 Å². The van der Waals surface area contributed by atoms with Crippen LogP contribution in [-0.4, -0.2) is 6.54 Å². The Hall–Kier alpha value is -1.84. The van der Waals surface area contributed by atoms with Gasteiger partial charge in [0.1, 0.15) is 0 Å². The van der Waals surface area contributed by atoms with Gasteiger partial charge in [-0.05, 0) is 55.1 Å². The number of nitrogen functional groups attached to an aromatic ring is 1. The Kier molecular flexibility index (Phi) is 4.76. The lowest BCUT2D eigenvalue weighted by Gasteiger charge is -2.14. The van der Waals surface area contributed by atoms with Gasteiger partial charge in [-0.1, -0.05) is 42.5 Å². The Balaban J connectivity index is 1.54. The van der Waals surface area contributed by atoms with Crippen LogP contribution in [0.2, 0.25) is 0 Å². The highest BCUT2D eigenvalue weighted by molar-refractivity contribution is 7.15. The van der Waals surface area contributed by atoms with Crippen LogP contribution in [0, 0.1) is 0 Å². The number of nitrogens with two attached hydrogens (primary N) is 1. The molecule has 1 heterocycles. The molecule has 3 heteroatoms. The molecule has 2 aliphatic rings. The molecule has 0 saturated carbocycles. The van der Waals surface area contributed by atoms with E-state index in [0.717, 1.165) is 24.4 Å². The number of nitrogens with one attached hydrogen (secondary N) is 1. The van der Waals surface area contributed by atoms with Crippen LogP contribution in [0.25, 0.3) is 11.1 Å². The first-order chi connectivity index (χ1) is 10.7. The molecule has 0 fully saturated rings. The van der Waals surface area contributed by atoms with Gasteiger partial charge in [0, 0.05) is 10.9 Å². The molecule has 1 aromatic heterocycles. The second-order valence-corrected chi connectivity index (χ2v) is 6.85. The Morgan fingerprint density at radius 1 is 1.05 bits per heavy atom. The first-order valence-electron chi connectivity index (χ1n) is 7.79. The number of rotatable bonds is 6. The van der Waals surface area contributed by atoms with Crippen LogP contribution >= 0.6 is 11.3 Å². The largest absolute Gasteiger partial charge is 0.391 e. The highest BCUT2D eigenvalue weighted by Crippen LogP contribution is 2.31. The lowest BCUT2D eigenvalue weighted by molar-refractivity contribution is 0.561. The Morgan fingerprint density at radius 3 is 2.73 bits per heavy atom. The minimum absolute atomic E-state index is 0.369. The van der Waals surface area contributed by atoms with Gasteiger partial charge in [0.15, 0.2) is 0 Å². The van der Waals surface area contributed by atoms with Gasteiger partial charge in [0.05, 0.1) is 5.00 Å². The number of aryl methyl sites for hydroxylation is 1. The van der Waals surface area contributed by atoms with Crippen molar-refractivity contribution in [2.75, 3.05) is 12.3 Å². The van der Waals surface area contributed by atoms with E-state index < -0.39 is 0 Å². The first kappa shape index (κ1) is 15.1. The van der Waals surface area contributed by atoms with Crippen molar-refractivity contribution in [3.63, 3.8) is 0 Å². The summed E-state index contributed by atoms with van der Waals surface area (Å²) in [5, 5.41) is 4.55. The summed E-state index contributed by atoms with van der Waals surface area (Å²) in [6.07, 6.45) is 2.23. The summed E-state index contributed by atoms with van der Waals surface area (Å²) in [6.45, 7) is 3.26. The molecule has 114 valence electrons. The fraction of sp³-hybridized carbons (Fsp3) is 0.263. The van der Waals surface area contributed by atoms with Crippen LogP contribution in [-0.2, 0) is 6.42 Å². The maximum Gasteiger partial charge on any atom is 0.0859 e. The average Bonchev–Trinajstić information content (AvgIpc) is 3.03. The zero-order chi connectivity index (χ0) is 15.4. The molecule has 2 aliphatic carbocycles. The van der Waals surface area contributed by atoms with E-state index in [1.54, 1.807) is 11.3 Å². The molecule has 1 aromatic rings. The quantitative estimate of drug-likeness (QED) is 0.647. The van der Waals surface area contributed by atoms with E-state index in [2.05, 4.69) is 60.8 Å². The van der Waals surface area contributed by atoms with Crippen LogP contribution in [0.4, 0.5) is 5.00 Å². The van der Waals surface area contributed by atoms with Crippen molar-refractivity contribution in [2.45, 2.75) is 25.8 Å². The maximum absolute atomic E-state index is 5.76. The van der Waals surface area contributed by atoms with Crippen LogP contribution in [0.5, 0.6) is 0 Å². The minimum atomic E-state index is 0.369. The lowest BCUT2D eigenvalue weighted by Crippen LogP contribution is -2.20. The Morgan fingerprint density at radius 2 is 1.91 bits per heavy atom. The van der Waals surface area contributed by atoms with Gasteiger partial charge in [0.25, 0.3) is 0 Å². The molecule has 0 saturated heterocycles. The van der Waals surface area contributed by atoms with Crippen molar-refractivity contribution in [2.24, 2.45) is 0 Å². The van der Waals surface area contributed by atoms with Crippen molar-refractivity contribution in [3.8, 4) is 11.1 Å². The van der Waals surface area contributed by atoms with Crippen molar-refractivity contribution >= 4 is 16.3 Å². The van der Waals surface area contributed by atoms with Crippen molar-refractivity contribution < 1.29 is 0 Å². The summed E-state index contributed by atoms with van der Waals surface area (Å²) >= 11 is 1.70. The highest BCUT2D eigenvalue weighted by atomic mass is 32.1. The van der Waals surface area contributed by atoms with E-state index in [9.17, 15) is 0 Å². The van der Waals surface area contributed by atoms with E-state index >= 15 is 0 Å². The normalized spacial score (nSPS) is 12.6. The second kappa shape index (κ2) is 6.95. The second-order valence-electron chi connectivity index (χ2n) is 5.65. The Bertz CT molecular complexity index is 704. The molecule has 22 heavy (non-hydrogen) atoms. The third-order valence-electron chi connectivity index (χ3n) is 4.02. The summed E-state index contributed by atoms with van der Waals surface area (Å²) in [5.41, 5.74) is 9.79. The van der Waals surface area contributed by atoms with Gasteiger partial charge < -0.3 is 11.1 Å². The minimum Gasteiger partial charge on any atom is -0.391 e. The molecule has 0 amide bonds. The third-order valence-corrected chi connectivity index (χ3v) is 5.00. The van der Waals surface area contributed by atoms with Crippen molar-refractivity contribution in [1.82, 2.24) is 5.32 Å². The molecule has 0 radical (unpaired) electrons. The predicted molar refractivity (Wildman–Crippen MR) is 96.5 cm³/mol. The molecular weight excluding hydrogens is 288 g/mol. The van der Waals surface area contributed by atoms with Crippen molar-refractivity contribution in [1.29, 1.82) is 0 Å². The molecule has 0 spiro atoms. The molecule has 0 aliphatic heterocycles. The fourth-order valence-electron chi connectivity index (χ4n) is 2.84. The molecule has 1 atom stereocenters. The summed E-state index contributed by atoms with van der Waals surface area (Å²) in [6, 6.07) is 19.6. The topological polar surface area (TPSA) is 38.0 Å². The first-order valence-corrected chi connectivity index (χ1v) is 8.61. The number of thiophene rings is 1. The van der Waals surface area contributed by atoms with Crippen LogP contribution < -0.4 is 11.1 Å². The predicted octanol–water partition coefficient (Wildman–Crippen LogP) is 4.72. The van der Waals surface area contributed by atoms with Gasteiger partial charge >= 0.3 is 0 Å². The van der Waals surface area contributed by atoms with Gasteiger partial charge in [0.2, 0.25) is 0 Å². The van der Waals surface area contributed by atoms with E-state index in [0.29, 0.717) is 6.04 Å².